The van der Waals surface area contributed by atoms with Gasteiger partial charge in [-0.1, -0.05) is 12.1 Å². The highest BCUT2D eigenvalue weighted by molar-refractivity contribution is 5.80. The van der Waals surface area contributed by atoms with E-state index in [1.54, 1.807) is 17.0 Å². The fourth-order valence-electron chi connectivity index (χ4n) is 2.71. The zero-order chi connectivity index (χ0) is 18.4. The number of nitrogens with zero attached hydrogens (tertiary/aromatic N) is 2. The second-order valence-corrected chi connectivity index (χ2v) is 7.29. The van der Waals surface area contributed by atoms with Gasteiger partial charge in [0, 0.05) is 19.6 Å². The Hall–Kier alpha value is -2.55. The second kappa shape index (κ2) is 8.02. The summed E-state index contributed by atoms with van der Waals surface area (Å²) in [6.07, 6.45) is 1.18. The Balaban J connectivity index is 1.86. The summed E-state index contributed by atoms with van der Waals surface area (Å²) < 4.78 is 5.39. The molecular weight excluding hydrogens is 318 g/mol. The number of nitrogens with one attached hydrogen (secondary N) is 1. The maximum Gasteiger partial charge on any atom is 0.410 e. The SMILES string of the molecule is CC(C)(C)OC(=O)N1CCCC(C(=O)NCc2ccc(C#N)cc2)C1. The molecule has 0 aliphatic carbocycles. The third-order valence-corrected chi connectivity index (χ3v) is 3.99. The summed E-state index contributed by atoms with van der Waals surface area (Å²) in [6, 6.07) is 9.17. The largest absolute Gasteiger partial charge is 0.444 e. The van der Waals surface area contributed by atoms with Gasteiger partial charge >= 0.3 is 6.09 Å². The van der Waals surface area contributed by atoms with Gasteiger partial charge < -0.3 is 15.0 Å². The lowest BCUT2D eigenvalue weighted by molar-refractivity contribution is -0.126. The first-order valence-electron chi connectivity index (χ1n) is 8.53. The normalized spacial score (nSPS) is 17.5. The average molecular weight is 343 g/mol. The van der Waals surface area contributed by atoms with Gasteiger partial charge in [-0.3, -0.25) is 4.79 Å². The molecule has 0 radical (unpaired) electrons. The molecule has 0 aromatic heterocycles. The predicted molar refractivity (Wildman–Crippen MR) is 93.5 cm³/mol. The molecule has 2 amide bonds. The van der Waals surface area contributed by atoms with Crippen molar-refractivity contribution in [1.82, 2.24) is 10.2 Å². The van der Waals surface area contributed by atoms with Gasteiger partial charge in [0.15, 0.2) is 0 Å². The Morgan fingerprint density at radius 2 is 2.00 bits per heavy atom. The highest BCUT2D eigenvalue weighted by Gasteiger charge is 2.30. The lowest BCUT2D eigenvalue weighted by atomic mass is 9.97. The van der Waals surface area contributed by atoms with Gasteiger partial charge in [-0.25, -0.2) is 4.79 Å². The number of ether oxygens (including phenoxy) is 1. The number of nitriles is 1. The van der Waals surface area contributed by atoms with Crippen LogP contribution in [-0.4, -0.2) is 35.6 Å². The Morgan fingerprint density at radius 3 is 2.60 bits per heavy atom. The van der Waals surface area contributed by atoms with E-state index < -0.39 is 5.60 Å². The quantitative estimate of drug-likeness (QED) is 0.915. The van der Waals surface area contributed by atoms with Crippen LogP contribution in [0.5, 0.6) is 0 Å². The van der Waals surface area contributed by atoms with Gasteiger partial charge in [0.05, 0.1) is 17.6 Å². The van der Waals surface area contributed by atoms with Crippen LogP contribution in [0.3, 0.4) is 0 Å². The summed E-state index contributed by atoms with van der Waals surface area (Å²) in [5.74, 6) is -0.280. The monoisotopic (exact) mass is 343 g/mol. The number of rotatable bonds is 3. The highest BCUT2D eigenvalue weighted by atomic mass is 16.6. The number of hydrogen-bond donors (Lipinski definition) is 1. The number of hydrogen-bond acceptors (Lipinski definition) is 4. The molecule has 0 spiro atoms. The summed E-state index contributed by atoms with van der Waals surface area (Å²) in [4.78, 5) is 26.2. The molecule has 1 atom stereocenters. The summed E-state index contributed by atoms with van der Waals surface area (Å²) in [5, 5.41) is 11.7. The van der Waals surface area contributed by atoms with Crippen molar-refractivity contribution in [1.29, 1.82) is 5.26 Å². The van der Waals surface area contributed by atoms with Crippen molar-refractivity contribution in [3.63, 3.8) is 0 Å². The van der Waals surface area contributed by atoms with E-state index in [9.17, 15) is 9.59 Å². The lowest BCUT2D eigenvalue weighted by Gasteiger charge is -2.33. The van der Waals surface area contributed by atoms with Gasteiger partial charge in [0.2, 0.25) is 5.91 Å². The molecule has 1 N–H and O–H groups in total. The molecule has 0 bridgehead atoms. The molecule has 1 saturated heterocycles. The Morgan fingerprint density at radius 1 is 1.32 bits per heavy atom. The van der Waals surface area contributed by atoms with E-state index >= 15 is 0 Å². The first-order chi connectivity index (χ1) is 11.8. The minimum Gasteiger partial charge on any atom is -0.444 e. The Bertz CT molecular complexity index is 656. The van der Waals surface area contributed by atoms with Crippen LogP contribution in [0.25, 0.3) is 0 Å². The van der Waals surface area contributed by atoms with E-state index in [4.69, 9.17) is 10.00 Å². The standard InChI is InChI=1S/C19H25N3O3/c1-19(2,3)25-18(24)22-10-4-5-16(13-22)17(23)21-12-15-8-6-14(11-20)7-9-15/h6-9,16H,4-5,10,12-13H2,1-3H3,(H,21,23). The van der Waals surface area contributed by atoms with Crippen molar-refractivity contribution in [3.8, 4) is 6.07 Å². The maximum absolute atomic E-state index is 12.4. The fraction of sp³-hybridized carbons (Fsp3) is 0.526. The minimum atomic E-state index is -0.540. The lowest BCUT2D eigenvalue weighted by Crippen LogP contribution is -2.46. The van der Waals surface area contributed by atoms with Crippen LogP contribution >= 0.6 is 0 Å². The van der Waals surface area contributed by atoms with E-state index in [1.807, 2.05) is 32.9 Å². The molecule has 134 valence electrons. The summed E-state index contributed by atoms with van der Waals surface area (Å²) >= 11 is 0. The van der Waals surface area contributed by atoms with Gasteiger partial charge in [-0.2, -0.15) is 5.26 Å². The molecule has 6 heteroatoms. The smallest absolute Gasteiger partial charge is 0.410 e. The molecule has 1 unspecified atom stereocenters. The van der Waals surface area contributed by atoms with Crippen LogP contribution in [0.4, 0.5) is 4.79 Å². The Labute approximate surface area is 148 Å². The number of carbonyl (C=O) groups excluding carboxylic acids is 2. The van der Waals surface area contributed by atoms with Gasteiger partial charge in [0.25, 0.3) is 0 Å². The van der Waals surface area contributed by atoms with E-state index in [0.717, 1.165) is 18.4 Å². The number of benzene rings is 1. The zero-order valence-electron chi connectivity index (χ0n) is 15.0. The summed E-state index contributed by atoms with van der Waals surface area (Å²) in [7, 11) is 0. The van der Waals surface area contributed by atoms with Crippen LogP contribution in [0, 0.1) is 17.2 Å². The van der Waals surface area contributed by atoms with Crippen molar-refractivity contribution in [3.05, 3.63) is 35.4 Å². The van der Waals surface area contributed by atoms with Crippen molar-refractivity contribution in [2.75, 3.05) is 13.1 Å². The highest BCUT2D eigenvalue weighted by Crippen LogP contribution is 2.19. The topological polar surface area (TPSA) is 82.4 Å². The van der Waals surface area contributed by atoms with Crippen LogP contribution in [0.1, 0.15) is 44.7 Å². The molecule has 1 aliphatic rings. The molecule has 1 aliphatic heterocycles. The van der Waals surface area contributed by atoms with Crippen molar-refractivity contribution >= 4 is 12.0 Å². The molecule has 1 heterocycles. The van der Waals surface area contributed by atoms with E-state index in [0.29, 0.717) is 25.2 Å². The third-order valence-electron chi connectivity index (χ3n) is 3.99. The van der Waals surface area contributed by atoms with Gasteiger partial charge in [-0.05, 0) is 51.3 Å². The Kier molecular flexibility index (Phi) is 6.02. The van der Waals surface area contributed by atoms with Gasteiger partial charge in [-0.15, -0.1) is 0 Å². The average Bonchev–Trinajstić information content (AvgIpc) is 2.58. The number of likely N-dealkylation sites (tertiary alicyclic amines) is 1. The number of carbonyl (C=O) groups is 2. The first-order valence-corrected chi connectivity index (χ1v) is 8.53. The van der Waals surface area contributed by atoms with E-state index in [1.165, 1.54) is 0 Å². The summed E-state index contributed by atoms with van der Waals surface area (Å²) in [5.41, 5.74) is 0.990. The molecule has 25 heavy (non-hydrogen) atoms. The second-order valence-electron chi connectivity index (χ2n) is 7.29. The number of amides is 2. The fourth-order valence-corrected chi connectivity index (χ4v) is 2.71. The van der Waals surface area contributed by atoms with E-state index in [2.05, 4.69) is 11.4 Å². The third kappa shape index (κ3) is 5.79. The molecule has 0 saturated carbocycles. The molecule has 6 nitrogen and oxygen atoms in total. The first kappa shape index (κ1) is 18.8. The minimum absolute atomic E-state index is 0.0578. The zero-order valence-corrected chi connectivity index (χ0v) is 15.0. The summed E-state index contributed by atoms with van der Waals surface area (Å²) in [6.45, 7) is 6.90. The van der Waals surface area contributed by atoms with Crippen LogP contribution in [-0.2, 0) is 16.1 Å². The van der Waals surface area contributed by atoms with Gasteiger partial charge in [0.1, 0.15) is 5.60 Å². The van der Waals surface area contributed by atoms with Crippen LogP contribution < -0.4 is 5.32 Å². The van der Waals surface area contributed by atoms with Crippen molar-refractivity contribution < 1.29 is 14.3 Å². The molecule has 1 fully saturated rings. The molecular formula is C19H25N3O3. The maximum atomic E-state index is 12.4. The van der Waals surface area contributed by atoms with Crippen LogP contribution in [0.15, 0.2) is 24.3 Å². The van der Waals surface area contributed by atoms with Crippen molar-refractivity contribution in [2.24, 2.45) is 5.92 Å². The predicted octanol–water partition coefficient (Wildman–Crippen LogP) is 2.82. The molecule has 1 aromatic carbocycles. The van der Waals surface area contributed by atoms with E-state index in [-0.39, 0.29) is 17.9 Å². The van der Waals surface area contributed by atoms with Crippen LogP contribution in [0.2, 0.25) is 0 Å². The molecule has 1 aromatic rings. The molecule has 2 rings (SSSR count). The van der Waals surface area contributed by atoms with Crippen molar-refractivity contribution in [2.45, 2.75) is 45.8 Å². The number of piperidine rings is 1.